The van der Waals surface area contributed by atoms with E-state index in [-0.39, 0.29) is 0 Å². The van der Waals surface area contributed by atoms with Gasteiger partial charge in [-0.2, -0.15) is 0 Å². The van der Waals surface area contributed by atoms with Crippen LogP contribution in [0, 0.1) is 0 Å². The summed E-state index contributed by atoms with van der Waals surface area (Å²) in [5.41, 5.74) is 0.891. The van der Waals surface area contributed by atoms with Crippen LogP contribution in [0.15, 0.2) is 18.2 Å². The van der Waals surface area contributed by atoms with Gasteiger partial charge in [-0.25, -0.2) is 0 Å². The number of hydrogen-bond donors (Lipinski definition) is 1. The fourth-order valence-electron chi connectivity index (χ4n) is 1.11. The number of nitrogens with one attached hydrogen (secondary N) is 1. The topological polar surface area (TPSA) is 46.2 Å². The molecule has 0 unspecified atom stereocenters. The molecule has 0 atom stereocenters. The molecule has 1 aromatic rings. The minimum Gasteiger partial charge on any atom is -0.318 e. The van der Waals surface area contributed by atoms with Gasteiger partial charge in [-0.3, -0.25) is 9.59 Å². The molecular formula is C8H4ClNO2. The smallest absolute Gasteiger partial charge is 0.296 e. The molecule has 0 fully saturated rings. The van der Waals surface area contributed by atoms with Crippen molar-refractivity contribution in [1.29, 1.82) is 0 Å². The summed E-state index contributed by atoms with van der Waals surface area (Å²) in [5, 5.41) is 2.88. The van der Waals surface area contributed by atoms with Crippen LogP contribution in [-0.2, 0) is 4.79 Å². The quantitative estimate of drug-likeness (QED) is 0.635. The van der Waals surface area contributed by atoms with Crippen LogP contribution in [0.25, 0.3) is 0 Å². The summed E-state index contributed by atoms with van der Waals surface area (Å²) in [5.74, 6) is -1.11. The number of benzene rings is 1. The van der Waals surface area contributed by atoms with Crippen LogP contribution in [0.3, 0.4) is 0 Å². The molecule has 1 amide bonds. The lowest BCUT2D eigenvalue weighted by Crippen LogP contribution is -2.12. The predicted molar refractivity (Wildman–Crippen MR) is 44.4 cm³/mol. The molecule has 1 aliphatic rings. The van der Waals surface area contributed by atoms with Crippen LogP contribution in [0.5, 0.6) is 0 Å². The third kappa shape index (κ3) is 0.905. The van der Waals surface area contributed by atoms with E-state index in [4.69, 9.17) is 11.6 Å². The Morgan fingerprint density at radius 3 is 2.83 bits per heavy atom. The monoisotopic (exact) mass is 193 g/mol. The van der Waals surface area contributed by atoms with Gasteiger partial charge in [0.25, 0.3) is 11.7 Å². The number of carbonyl (C=O) groups excluding carboxylic acids is 2. The Morgan fingerprint density at radius 1 is 1.33 bits per heavy atom. The summed E-state index contributed by atoms with van der Waals surface area (Å²) in [6.07, 6.45) is 0. The number of fused-ring (bicyclic) bond motifs is 1. The van der Waals surface area contributed by atoms with Gasteiger partial charge in [0.15, 0.2) is 0 Å². The number of hydrogen-bond acceptors (Lipinski definition) is 2. The Labute approximate surface area is 73.3 Å². The van der Waals surface area contributed by atoms with E-state index in [1.54, 1.807) is 12.1 Å². The van der Waals surface area contributed by atoms with Crippen LogP contribution in [0.1, 0.15) is 10.4 Å². The summed E-state index contributed by atoms with van der Waals surface area (Å²) in [6.45, 7) is 0. The number of Topliss-reactive ketones (excluding diaryl/α,β-unsaturated/α-hetero) is 1. The first-order valence-electron chi connectivity index (χ1n) is 3.34. The molecule has 2 rings (SSSR count). The zero-order valence-electron chi connectivity index (χ0n) is 5.93. The van der Waals surface area contributed by atoms with Crippen molar-refractivity contribution in [1.82, 2.24) is 0 Å². The van der Waals surface area contributed by atoms with Gasteiger partial charge < -0.3 is 5.32 Å². The lowest BCUT2D eigenvalue weighted by Gasteiger charge is -1.94. The number of carbonyl (C=O) groups is 2. The van der Waals surface area contributed by atoms with Crippen LogP contribution in [0.4, 0.5) is 5.69 Å². The molecule has 3 nitrogen and oxygen atoms in total. The second-order valence-corrected chi connectivity index (χ2v) is 2.91. The van der Waals surface area contributed by atoms with E-state index in [1.165, 1.54) is 6.07 Å². The lowest BCUT2D eigenvalue weighted by atomic mass is 10.6. The highest BCUT2D eigenvalue weighted by atomic mass is 35.5. The summed E-state index contributed by atoms with van der Waals surface area (Å²) in [4.78, 5) is 21.9. The van der Waals surface area contributed by atoms with E-state index < -0.39 is 11.7 Å². The minimum absolute atomic E-state index is 0.354. The standard InChI is InChI=1S/C8H4ClNO2/c9-4-1-2-6-5(3-4)7(11)8(12)10-6/h1-3H,(H,10,11,12)/i1+2,2+2,3+2,4+2,5+2,6+2. The van der Waals surface area contributed by atoms with E-state index in [9.17, 15) is 9.59 Å². The first-order valence-corrected chi connectivity index (χ1v) is 3.71. The van der Waals surface area contributed by atoms with Crippen molar-refractivity contribution in [2.24, 2.45) is 0 Å². The fourth-order valence-corrected chi connectivity index (χ4v) is 1.29. The molecular weight excluding hydrogens is 189 g/mol. The zero-order valence-corrected chi connectivity index (χ0v) is 6.68. The van der Waals surface area contributed by atoms with Gasteiger partial charge in [-0.1, -0.05) is 11.6 Å². The number of ketones is 1. The molecule has 0 saturated carbocycles. The van der Waals surface area contributed by atoms with Gasteiger partial charge >= 0.3 is 0 Å². The van der Waals surface area contributed by atoms with Gasteiger partial charge in [0.1, 0.15) is 0 Å². The largest absolute Gasteiger partial charge is 0.318 e. The molecule has 1 N–H and O–H groups in total. The molecule has 0 aromatic heterocycles. The molecule has 0 spiro atoms. The molecule has 0 radical (unpaired) electrons. The number of halogens is 1. The van der Waals surface area contributed by atoms with Crippen molar-refractivity contribution < 1.29 is 9.59 Å². The SMILES string of the molecule is O=C1N[14c]2[14cH][14cH][14c](Cl)[14cH][14c]2C1=O. The summed E-state index contributed by atoms with van der Waals surface area (Å²) in [6, 6.07) is 4.72. The molecule has 1 aliphatic heterocycles. The number of rotatable bonds is 0. The van der Waals surface area contributed by atoms with Crippen molar-refractivity contribution >= 4 is 29.0 Å². The van der Waals surface area contributed by atoms with Crippen LogP contribution >= 0.6 is 11.6 Å². The van der Waals surface area contributed by atoms with E-state index in [2.05, 4.69) is 5.32 Å². The molecule has 0 aliphatic carbocycles. The Morgan fingerprint density at radius 2 is 2.08 bits per heavy atom. The Kier molecular flexibility index (Phi) is 1.41. The van der Waals surface area contributed by atoms with Crippen molar-refractivity contribution in [3.05, 3.63) is 28.8 Å². The van der Waals surface area contributed by atoms with Crippen LogP contribution < -0.4 is 5.32 Å². The van der Waals surface area contributed by atoms with Gasteiger partial charge in [-0.15, -0.1) is 0 Å². The third-order valence-corrected chi connectivity index (χ3v) is 1.92. The second kappa shape index (κ2) is 2.32. The maximum atomic E-state index is 11.1. The first kappa shape index (κ1) is 7.31. The van der Waals surface area contributed by atoms with Crippen LogP contribution in [0.2, 0.25) is 5.02 Å². The Hall–Kier alpha value is -1.35. The summed E-state index contributed by atoms with van der Waals surface area (Å²) >= 11 is 5.65. The van der Waals surface area contributed by atoms with E-state index in [0.29, 0.717) is 16.3 Å². The molecule has 12 heavy (non-hydrogen) atoms. The average Bonchev–Trinajstić information content (AvgIpc) is 2.31. The van der Waals surface area contributed by atoms with Gasteiger partial charge in [0.2, 0.25) is 0 Å². The summed E-state index contributed by atoms with van der Waals surface area (Å²) < 4.78 is 0. The highest BCUT2D eigenvalue weighted by Crippen LogP contribution is 2.25. The highest BCUT2D eigenvalue weighted by Gasteiger charge is 2.27. The number of amides is 1. The molecule has 4 heteroatoms. The molecule has 1 aromatic carbocycles. The maximum Gasteiger partial charge on any atom is 0.296 e. The van der Waals surface area contributed by atoms with E-state index in [1.807, 2.05) is 0 Å². The number of anilines is 1. The van der Waals surface area contributed by atoms with Crippen molar-refractivity contribution in [3.63, 3.8) is 0 Å². The first-order chi connectivity index (χ1) is 5.68. The molecule has 1 heterocycles. The predicted octanol–water partition coefficient (Wildman–Crippen LogP) is 1.47. The highest BCUT2D eigenvalue weighted by molar-refractivity contribution is 6.52. The Balaban J connectivity index is 2.63. The maximum absolute atomic E-state index is 11.1. The minimum atomic E-state index is -0.590. The van der Waals surface area contributed by atoms with Gasteiger partial charge in [-0.05, 0) is 18.2 Å². The van der Waals surface area contributed by atoms with Crippen molar-refractivity contribution in [2.75, 3.05) is 5.32 Å². The lowest BCUT2D eigenvalue weighted by molar-refractivity contribution is -0.112. The zero-order chi connectivity index (χ0) is 8.72. The summed E-state index contributed by atoms with van der Waals surface area (Å²) in [7, 11) is 0. The van der Waals surface area contributed by atoms with Crippen molar-refractivity contribution in [2.45, 2.75) is 0 Å². The van der Waals surface area contributed by atoms with Crippen LogP contribution in [-0.4, -0.2) is 11.7 Å². The fraction of sp³-hybridized carbons (Fsp3) is 0. The molecule has 0 bridgehead atoms. The average molecular weight is 194 g/mol. The van der Waals surface area contributed by atoms with Crippen molar-refractivity contribution in [3.8, 4) is 0 Å². The Bertz CT molecular complexity index is 387. The second-order valence-electron chi connectivity index (χ2n) is 2.47. The van der Waals surface area contributed by atoms with Gasteiger partial charge in [0, 0.05) is 5.02 Å². The molecule has 0 saturated heterocycles. The van der Waals surface area contributed by atoms with E-state index in [0.717, 1.165) is 0 Å². The third-order valence-electron chi connectivity index (χ3n) is 1.68. The molecule has 60 valence electrons. The van der Waals surface area contributed by atoms with E-state index >= 15 is 0 Å². The van der Waals surface area contributed by atoms with Gasteiger partial charge in [0.05, 0.1) is 11.3 Å². The normalized spacial score (nSPS) is 14.4.